The third-order valence-electron chi connectivity index (χ3n) is 3.99. The normalized spacial score (nSPS) is 11.0. The van der Waals surface area contributed by atoms with Gasteiger partial charge in [0, 0.05) is 32.6 Å². The molecule has 1 aromatic carbocycles. The number of carbonyl (C=O) groups is 2. The van der Waals surface area contributed by atoms with Gasteiger partial charge >= 0.3 is 6.03 Å². The monoisotopic (exact) mass is 430 g/mol. The zero-order chi connectivity index (χ0) is 22.1. The Hall–Kier alpha value is -3.17. The molecule has 0 fully saturated rings. The Balaban J connectivity index is 2.02. The molecule has 160 valence electrons. The Kier molecular flexibility index (Phi) is 8.57. The van der Waals surface area contributed by atoms with Gasteiger partial charge in [-0.1, -0.05) is 18.7 Å². The van der Waals surface area contributed by atoms with Crippen molar-refractivity contribution < 1.29 is 19.1 Å². The molecule has 0 atom stereocenters. The average Bonchev–Trinajstić information content (AvgIpc) is 3.21. The van der Waals surface area contributed by atoms with E-state index < -0.39 is 11.9 Å². The molecule has 0 saturated carbocycles. The van der Waals surface area contributed by atoms with Gasteiger partial charge in [0.15, 0.2) is 0 Å². The molecule has 1 N–H and O–H groups in total. The van der Waals surface area contributed by atoms with Gasteiger partial charge in [0.05, 0.1) is 31.7 Å². The predicted molar refractivity (Wildman–Crippen MR) is 117 cm³/mol. The van der Waals surface area contributed by atoms with Gasteiger partial charge in [0.1, 0.15) is 10.8 Å². The van der Waals surface area contributed by atoms with Gasteiger partial charge in [-0.15, -0.1) is 11.3 Å². The van der Waals surface area contributed by atoms with E-state index >= 15 is 0 Å². The number of carbonyl (C=O) groups excluding carboxylic acids is 2. The maximum atomic E-state index is 12.4. The summed E-state index contributed by atoms with van der Waals surface area (Å²) in [5.41, 5.74) is 2.23. The molecule has 0 aliphatic carbocycles. The Morgan fingerprint density at radius 3 is 2.50 bits per heavy atom. The van der Waals surface area contributed by atoms with Crippen molar-refractivity contribution >= 4 is 29.0 Å². The molecule has 1 heterocycles. The highest BCUT2D eigenvalue weighted by Crippen LogP contribution is 2.19. The summed E-state index contributed by atoms with van der Waals surface area (Å²) in [4.78, 5) is 31.2. The van der Waals surface area contributed by atoms with Crippen LogP contribution in [0.5, 0.6) is 5.75 Å². The zero-order valence-electron chi connectivity index (χ0n) is 17.5. The third-order valence-corrected chi connectivity index (χ3v) is 4.91. The first kappa shape index (κ1) is 23.1. The number of imide groups is 1. The van der Waals surface area contributed by atoms with E-state index in [-0.39, 0.29) is 0 Å². The van der Waals surface area contributed by atoms with Crippen molar-refractivity contribution in [1.82, 2.24) is 20.1 Å². The Bertz CT molecular complexity index is 906. The van der Waals surface area contributed by atoms with Crippen molar-refractivity contribution in [2.75, 3.05) is 28.3 Å². The zero-order valence-corrected chi connectivity index (χ0v) is 18.4. The van der Waals surface area contributed by atoms with E-state index in [2.05, 4.69) is 16.9 Å². The summed E-state index contributed by atoms with van der Waals surface area (Å²) in [5.74, 6) is 0.329. The minimum Gasteiger partial charge on any atom is -0.497 e. The summed E-state index contributed by atoms with van der Waals surface area (Å²) in [6.07, 6.45) is 2.78. The van der Waals surface area contributed by atoms with Crippen molar-refractivity contribution in [2.45, 2.75) is 13.2 Å². The molecule has 0 radical (unpaired) electrons. The van der Waals surface area contributed by atoms with Crippen molar-refractivity contribution in [3.05, 3.63) is 64.8 Å². The van der Waals surface area contributed by atoms with Crippen LogP contribution in [0.15, 0.2) is 48.5 Å². The lowest BCUT2D eigenvalue weighted by Crippen LogP contribution is -2.39. The van der Waals surface area contributed by atoms with Crippen LogP contribution in [0.3, 0.4) is 0 Å². The number of methoxy groups -OCH3 is 1. The second kappa shape index (κ2) is 11.1. The number of thiazole rings is 1. The summed E-state index contributed by atoms with van der Waals surface area (Å²) in [7, 11) is 6.21. The summed E-state index contributed by atoms with van der Waals surface area (Å²) in [5, 5.41) is 5.36. The maximum absolute atomic E-state index is 12.4. The van der Waals surface area contributed by atoms with Crippen LogP contribution in [0.1, 0.15) is 16.3 Å². The molecule has 8 nitrogen and oxygen atoms in total. The number of nitrogens with zero attached hydrogens (tertiary/aromatic N) is 3. The van der Waals surface area contributed by atoms with Crippen LogP contribution in [0.2, 0.25) is 0 Å². The smallest absolute Gasteiger partial charge is 0.326 e. The fourth-order valence-electron chi connectivity index (χ4n) is 2.38. The Labute approximate surface area is 180 Å². The average molecular weight is 431 g/mol. The summed E-state index contributed by atoms with van der Waals surface area (Å²) in [6.45, 7) is 4.41. The molecule has 2 aromatic rings. The second-order valence-electron chi connectivity index (χ2n) is 6.47. The van der Waals surface area contributed by atoms with Crippen LogP contribution in [-0.4, -0.2) is 55.0 Å². The van der Waals surface area contributed by atoms with Crippen LogP contribution < -0.4 is 10.1 Å². The van der Waals surface area contributed by atoms with Crippen LogP contribution in [0.4, 0.5) is 4.79 Å². The molecule has 0 unspecified atom stereocenters. The van der Waals surface area contributed by atoms with Crippen molar-refractivity contribution in [1.29, 1.82) is 0 Å². The highest BCUT2D eigenvalue weighted by molar-refractivity contribution is 7.10. The van der Waals surface area contributed by atoms with Crippen LogP contribution in [-0.2, 0) is 22.7 Å². The second-order valence-corrected chi connectivity index (χ2v) is 7.32. The molecular weight excluding hydrogens is 404 g/mol. The molecule has 3 amide bonds. The van der Waals surface area contributed by atoms with Gasteiger partial charge in [-0.05, 0) is 23.9 Å². The van der Waals surface area contributed by atoms with E-state index in [1.165, 1.54) is 35.6 Å². The van der Waals surface area contributed by atoms with Gasteiger partial charge in [-0.2, -0.15) is 0 Å². The molecule has 0 aliphatic rings. The number of aromatic nitrogens is 1. The number of nitrogens with one attached hydrogen (secondary N) is 1. The Morgan fingerprint density at radius 1 is 1.20 bits per heavy atom. The fourth-order valence-corrected chi connectivity index (χ4v) is 3.17. The van der Waals surface area contributed by atoms with Gasteiger partial charge in [0.2, 0.25) is 0 Å². The standard InChI is InChI=1S/C21H26N4O4S/c1-6-22-18(11-19(26)25(4)21(27)24(2)3)20-23-16(14-30-20)13-29-12-15-7-9-17(28-5)10-8-15/h6-11,14,22H,1,12-13H2,2-5H3/b18-11+. The SMILES string of the molecule is C=CN/C(=C/C(=O)N(C)C(=O)N(C)C)c1nc(COCc2ccc(OC)cc2)cs1. The summed E-state index contributed by atoms with van der Waals surface area (Å²) >= 11 is 1.36. The molecule has 1 aromatic heterocycles. The molecule has 0 aliphatic heterocycles. The Morgan fingerprint density at radius 2 is 1.90 bits per heavy atom. The molecule has 9 heteroatoms. The number of benzene rings is 1. The largest absolute Gasteiger partial charge is 0.497 e. The lowest BCUT2D eigenvalue weighted by Gasteiger charge is -2.19. The lowest BCUT2D eigenvalue weighted by atomic mass is 10.2. The van der Waals surface area contributed by atoms with Crippen LogP contribution in [0, 0.1) is 0 Å². The van der Waals surface area contributed by atoms with E-state index in [1.54, 1.807) is 21.2 Å². The predicted octanol–water partition coefficient (Wildman–Crippen LogP) is 3.08. The minimum atomic E-state index is -0.467. The molecule has 0 bridgehead atoms. The number of hydrogen-bond donors (Lipinski definition) is 1. The van der Waals surface area contributed by atoms with E-state index in [0.29, 0.717) is 23.9 Å². The number of hydrogen-bond acceptors (Lipinski definition) is 7. The molecule has 0 saturated heterocycles. The van der Waals surface area contributed by atoms with Crippen molar-refractivity contribution in [2.24, 2.45) is 0 Å². The first-order valence-corrected chi connectivity index (χ1v) is 9.97. The van der Waals surface area contributed by atoms with E-state index in [1.807, 2.05) is 29.6 Å². The van der Waals surface area contributed by atoms with Crippen molar-refractivity contribution in [3.8, 4) is 5.75 Å². The molecule has 2 rings (SSSR count). The number of ether oxygens (including phenoxy) is 2. The van der Waals surface area contributed by atoms with Crippen LogP contribution >= 0.6 is 11.3 Å². The van der Waals surface area contributed by atoms with Crippen LogP contribution in [0.25, 0.3) is 5.70 Å². The number of urea groups is 1. The van der Waals surface area contributed by atoms with E-state index in [0.717, 1.165) is 21.9 Å². The first-order chi connectivity index (χ1) is 14.3. The minimum absolute atomic E-state index is 0.330. The van der Waals surface area contributed by atoms with Gasteiger partial charge in [0.25, 0.3) is 5.91 Å². The van der Waals surface area contributed by atoms with E-state index in [9.17, 15) is 9.59 Å². The number of amides is 3. The molecule has 0 spiro atoms. The van der Waals surface area contributed by atoms with Crippen molar-refractivity contribution in [3.63, 3.8) is 0 Å². The van der Waals surface area contributed by atoms with Gasteiger partial charge in [-0.25, -0.2) is 9.78 Å². The summed E-state index contributed by atoms with van der Waals surface area (Å²) < 4.78 is 10.9. The maximum Gasteiger partial charge on any atom is 0.326 e. The molecule has 30 heavy (non-hydrogen) atoms. The highest BCUT2D eigenvalue weighted by atomic mass is 32.1. The third kappa shape index (κ3) is 6.43. The fraction of sp³-hybridized carbons (Fsp3) is 0.286. The number of rotatable bonds is 9. The van der Waals surface area contributed by atoms with Gasteiger partial charge < -0.3 is 19.7 Å². The van der Waals surface area contributed by atoms with E-state index in [4.69, 9.17) is 9.47 Å². The van der Waals surface area contributed by atoms with Gasteiger partial charge in [-0.3, -0.25) is 9.69 Å². The lowest BCUT2D eigenvalue weighted by molar-refractivity contribution is -0.122. The molecular formula is C21H26N4O4S. The number of likely N-dealkylation sites (N-methyl/N-ethyl adjacent to an activating group) is 1. The first-order valence-electron chi connectivity index (χ1n) is 9.09. The highest BCUT2D eigenvalue weighted by Gasteiger charge is 2.18. The summed E-state index contributed by atoms with van der Waals surface area (Å²) in [6, 6.07) is 7.23. The quantitative estimate of drug-likeness (QED) is 0.616. The topological polar surface area (TPSA) is 84.0 Å².